The fraction of sp³-hybridized carbons (Fsp3) is 0.500. The third-order valence-corrected chi connectivity index (χ3v) is 2.00. The number of hydrogen-bond acceptors (Lipinski definition) is 2. The van der Waals surface area contributed by atoms with Crippen molar-refractivity contribution in [1.82, 2.24) is 9.78 Å². The van der Waals surface area contributed by atoms with Crippen LogP contribution in [0.2, 0.25) is 0 Å². The molecule has 0 aromatic carbocycles. The van der Waals surface area contributed by atoms with E-state index in [-0.39, 0.29) is 5.91 Å². The molecule has 0 aliphatic carbocycles. The number of halogens is 1. The minimum atomic E-state index is -0.0592. The molecule has 4 nitrogen and oxygen atoms in total. The maximum Gasteiger partial charge on any atom is 0.235 e. The quantitative estimate of drug-likeness (QED) is 0.820. The van der Waals surface area contributed by atoms with Crippen LogP contribution in [-0.2, 0) is 11.3 Å². The number of nitrogens with one attached hydrogen (secondary N) is 1. The van der Waals surface area contributed by atoms with E-state index in [2.05, 4.69) is 33.3 Å². The molecule has 0 fully saturated rings. The fourth-order valence-corrected chi connectivity index (χ4v) is 1.11. The Morgan fingerprint density at radius 3 is 3.15 bits per heavy atom. The third kappa shape index (κ3) is 3.18. The number of nitrogens with zero attached hydrogens (tertiary/aromatic N) is 2. The lowest BCUT2D eigenvalue weighted by Crippen LogP contribution is -2.11. The maximum atomic E-state index is 11.0. The molecular weight excluding hydrogens is 234 g/mol. The summed E-state index contributed by atoms with van der Waals surface area (Å²) < 4.78 is 1.81. The monoisotopic (exact) mass is 245 g/mol. The predicted octanol–water partition coefficient (Wildman–Crippen LogP) is 1.63. The van der Waals surface area contributed by atoms with Crippen LogP contribution >= 0.6 is 15.9 Å². The molecule has 1 aromatic rings. The van der Waals surface area contributed by atoms with E-state index in [0.717, 1.165) is 18.7 Å². The van der Waals surface area contributed by atoms with Crippen molar-refractivity contribution < 1.29 is 4.79 Å². The van der Waals surface area contributed by atoms with Crippen molar-refractivity contribution >= 4 is 27.5 Å². The Bertz CT molecular complexity index is 285. The molecule has 0 bridgehead atoms. The molecule has 1 aromatic heterocycles. The van der Waals surface area contributed by atoms with Crippen molar-refractivity contribution in [2.24, 2.45) is 0 Å². The predicted molar refractivity (Wildman–Crippen MR) is 54.9 cm³/mol. The highest BCUT2D eigenvalue weighted by molar-refractivity contribution is 9.09. The summed E-state index contributed by atoms with van der Waals surface area (Å²) in [6.07, 6.45) is 4.51. The van der Waals surface area contributed by atoms with Crippen LogP contribution in [-0.4, -0.2) is 21.0 Å². The summed E-state index contributed by atoms with van der Waals surface area (Å²) in [6, 6.07) is 0. The Kier molecular flexibility index (Phi) is 3.95. The van der Waals surface area contributed by atoms with Gasteiger partial charge in [0, 0.05) is 12.7 Å². The van der Waals surface area contributed by atoms with E-state index in [9.17, 15) is 4.79 Å². The van der Waals surface area contributed by atoms with Crippen molar-refractivity contribution in [2.75, 3.05) is 10.6 Å². The van der Waals surface area contributed by atoms with E-state index in [1.165, 1.54) is 0 Å². The molecule has 1 N–H and O–H groups in total. The number of carbonyl (C=O) groups excluding carboxylic acids is 1. The maximum absolute atomic E-state index is 11.0. The summed E-state index contributed by atoms with van der Waals surface area (Å²) in [7, 11) is 0. The molecule has 72 valence electrons. The van der Waals surface area contributed by atoms with Crippen LogP contribution < -0.4 is 5.32 Å². The first-order valence-electron chi connectivity index (χ1n) is 4.14. The van der Waals surface area contributed by atoms with Gasteiger partial charge in [-0.05, 0) is 6.42 Å². The second-order valence-electron chi connectivity index (χ2n) is 2.67. The fourth-order valence-electron chi connectivity index (χ4n) is 0.974. The zero-order chi connectivity index (χ0) is 9.68. The number of carbonyl (C=O) groups is 1. The van der Waals surface area contributed by atoms with Crippen molar-refractivity contribution in [2.45, 2.75) is 19.9 Å². The van der Waals surface area contributed by atoms with Crippen LogP contribution in [0.3, 0.4) is 0 Å². The summed E-state index contributed by atoms with van der Waals surface area (Å²) in [4.78, 5) is 11.0. The number of hydrogen-bond donors (Lipinski definition) is 1. The molecule has 0 spiro atoms. The van der Waals surface area contributed by atoms with Gasteiger partial charge in [-0.2, -0.15) is 5.10 Å². The lowest BCUT2D eigenvalue weighted by atomic mass is 10.5. The van der Waals surface area contributed by atoms with E-state index in [4.69, 9.17) is 0 Å². The van der Waals surface area contributed by atoms with Crippen LogP contribution in [0.25, 0.3) is 0 Å². The molecule has 1 amide bonds. The summed E-state index contributed by atoms with van der Waals surface area (Å²) in [6.45, 7) is 2.96. The lowest BCUT2D eigenvalue weighted by Gasteiger charge is -1.97. The molecule has 0 atom stereocenters. The standard InChI is InChI=1S/C8H12BrN3O/c1-2-3-12-6-7(5-10-12)11-8(13)4-9/h5-6H,2-4H2,1H3,(H,11,13). The van der Waals surface area contributed by atoms with E-state index in [0.29, 0.717) is 5.33 Å². The van der Waals surface area contributed by atoms with E-state index < -0.39 is 0 Å². The highest BCUT2D eigenvalue weighted by Crippen LogP contribution is 2.05. The third-order valence-electron chi connectivity index (χ3n) is 1.49. The zero-order valence-corrected chi connectivity index (χ0v) is 9.04. The Morgan fingerprint density at radius 2 is 2.54 bits per heavy atom. The number of aromatic nitrogens is 2. The first kappa shape index (κ1) is 10.2. The number of anilines is 1. The molecule has 0 aliphatic rings. The molecule has 0 radical (unpaired) electrons. The SMILES string of the molecule is CCCn1cc(NC(=O)CBr)cn1. The van der Waals surface area contributed by atoms with Gasteiger partial charge in [0.15, 0.2) is 0 Å². The molecular formula is C8H12BrN3O. The summed E-state index contributed by atoms with van der Waals surface area (Å²) in [5, 5.41) is 7.09. The van der Waals surface area contributed by atoms with Crippen LogP contribution in [0.5, 0.6) is 0 Å². The minimum Gasteiger partial charge on any atom is -0.323 e. The van der Waals surface area contributed by atoms with Gasteiger partial charge in [-0.15, -0.1) is 0 Å². The smallest absolute Gasteiger partial charge is 0.235 e. The second kappa shape index (κ2) is 5.01. The van der Waals surface area contributed by atoms with Gasteiger partial charge in [-0.25, -0.2) is 0 Å². The van der Waals surface area contributed by atoms with E-state index in [1.807, 2.05) is 10.9 Å². The molecule has 0 saturated carbocycles. The van der Waals surface area contributed by atoms with Gasteiger partial charge < -0.3 is 5.32 Å². The van der Waals surface area contributed by atoms with Gasteiger partial charge in [0.05, 0.1) is 17.2 Å². The lowest BCUT2D eigenvalue weighted by molar-refractivity contribution is -0.113. The summed E-state index contributed by atoms with van der Waals surface area (Å²) in [5.74, 6) is -0.0592. The normalized spacial score (nSPS) is 10.0. The minimum absolute atomic E-state index is 0.0592. The average Bonchev–Trinajstić information content (AvgIpc) is 2.53. The number of alkyl halides is 1. The Hall–Kier alpha value is -0.840. The molecule has 0 aliphatic heterocycles. The summed E-state index contributed by atoms with van der Waals surface area (Å²) in [5.41, 5.74) is 0.748. The zero-order valence-electron chi connectivity index (χ0n) is 7.46. The van der Waals surface area contributed by atoms with Gasteiger partial charge >= 0.3 is 0 Å². The second-order valence-corrected chi connectivity index (χ2v) is 3.23. The number of aryl methyl sites for hydroxylation is 1. The van der Waals surface area contributed by atoms with Crippen molar-refractivity contribution in [3.8, 4) is 0 Å². The van der Waals surface area contributed by atoms with Gasteiger partial charge in [0.1, 0.15) is 0 Å². The van der Waals surface area contributed by atoms with Crippen LogP contribution in [0, 0.1) is 0 Å². The average molecular weight is 246 g/mol. The van der Waals surface area contributed by atoms with Gasteiger partial charge in [-0.3, -0.25) is 9.48 Å². The molecule has 1 heterocycles. The van der Waals surface area contributed by atoms with Crippen molar-refractivity contribution in [1.29, 1.82) is 0 Å². The molecule has 5 heteroatoms. The number of amides is 1. The first-order chi connectivity index (χ1) is 6.26. The van der Waals surface area contributed by atoms with Crippen LogP contribution in [0.1, 0.15) is 13.3 Å². The van der Waals surface area contributed by atoms with Crippen LogP contribution in [0.15, 0.2) is 12.4 Å². The Morgan fingerprint density at radius 1 is 1.77 bits per heavy atom. The van der Waals surface area contributed by atoms with Gasteiger partial charge in [0.25, 0.3) is 0 Å². The van der Waals surface area contributed by atoms with E-state index >= 15 is 0 Å². The Balaban J connectivity index is 2.53. The summed E-state index contributed by atoms with van der Waals surface area (Å²) >= 11 is 3.07. The Labute approximate surface area is 85.4 Å². The van der Waals surface area contributed by atoms with Crippen LogP contribution in [0.4, 0.5) is 5.69 Å². The van der Waals surface area contributed by atoms with Gasteiger partial charge in [-0.1, -0.05) is 22.9 Å². The topological polar surface area (TPSA) is 46.9 Å². The molecule has 0 saturated heterocycles. The number of rotatable bonds is 4. The first-order valence-corrected chi connectivity index (χ1v) is 5.26. The molecule has 1 rings (SSSR count). The highest BCUT2D eigenvalue weighted by Gasteiger charge is 2.01. The molecule has 0 unspecified atom stereocenters. The van der Waals surface area contributed by atoms with Crippen molar-refractivity contribution in [3.63, 3.8) is 0 Å². The highest BCUT2D eigenvalue weighted by atomic mass is 79.9. The van der Waals surface area contributed by atoms with Gasteiger partial charge in [0.2, 0.25) is 5.91 Å². The van der Waals surface area contributed by atoms with Crippen molar-refractivity contribution in [3.05, 3.63) is 12.4 Å². The largest absolute Gasteiger partial charge is 0.323 e. The molecule has 13 heavy (non-hydrogen) atoms. The van der Waals surface area contributed by atoms with E-state index in [1.54, 1.807) is 6.20 Å².